The van der Waals surface area contributed by atoms with Crippen molar-refractivity contribution < 1.29 is 35.6 Å². The molecule has 1 N–H and O–H groups in total. The number of amides is 2. The third kappa shape index (κ3) is 7.14. The van der Waals surface area contributed by atoms with Crippen molar-refractivity contribution in [2.75, 3.05) is 17.9 Å². The molecule has 0 unspecified atom stereocenters. The molecular weight excluding hydrogens is 538 g/mol. The van der Waals surface area contributed by atoms with Gasteiger partial charge in [-0.05, 0) is 54.4 Å². The number of carbonyl (C=O) groups excluding carboxylic acids is 2. The summed E-state index contributed by atoms with van der Waals surface area (Å²) >= 11 is 0. The quantitative estimate of drug-likeness (QED) is 0.365. The normalized spacial score (nSPS) is 12.5. The number of halogens is 4. The van der Waals surface area contributed by atoms with Crippen LogP contribution >= 0.6 is 0 Å². The predicted octanol–water partition coefficient (Wildman–Crippen LogP) is 4.59. The molecule has 3 aromatic rings. The molecule has 2 amide bonds. The summed E-state index contributed by atoms with van der Waals surface area (Å²) in [6.07, 6.45) is -4.61. The maximum Gasteiger partial charge on any atom is 0.416 e. The maximum absolute atomic E-state index is 13.7. The van der Waals surface area contributed by atoms with Crippen molar-refractivity contribution >= 4 is 27.5 Å². The van der Waals surface area contributed by atoms with Crippen LogP contribution in [0.15, 0.2) is 83.8 Å². The molecule has 0 aromatic heterocycles. The van der Waals surface area contributed by atoms with Crippen LogP contribution < -0.4 is 9.62 Å². The van der Waals surface area contributed by atoms with E-state index >= 15 is 0 Å². The van der Waals surface area contributed by atoms with Crippen molar-refractivity contribution in [3.05, 3.63) is 95.8 Å². The van der Waals surface area contributed by atoms with E-state index in [1.807, 2.05) is 0 Å². The van der Waals surface area contributed by atoms with Crippen LogP contribution in [0.25, 0.3) is 0 Å². The van der Waals surface area contributed by atoms with Gasteiger partial charge in [-0.3, -0.25) is 13.9 Å². The smallest absolute Gasteiger partial charge is 0.357 e. The van der Waals surface area contributed by atoms with E-state index in [2.05, 4.69) is 5.32 Å². The van der Waals surface area contributed by atoms with Gasteiger partial charge in [0.15, 0.2) is 0 Å². The second-order valence-electron chi connectivity index (χ2n) is 8.56. The lowest BCUT2D eigenvalue weighted by molar-refractivity contribution is -0.140. The fraction of sp³-hybridized carbons (Fsp3) is 0.259. The van der Waals surface area contributed by atoms with Crippen molar-refractivity contribution in [3.63, 3.8) is 0 Å². The number of nitrogens with one attached hydrogen (secondary N) is 1. The first-order chi connectivity index (χ1) is 18.4. The van der Waals surface area contributed by atoms with Gasteiger partial charge < -0.3 is 10.2 Å². The number of hydrogen-bond donors (Lipinski definition) is 1. The molecule has 3 aromatic carbocycles. The van der Waals surface area contributed by atoms with Gasteiger partial charge in [0.1, 0.15) is 18.4 Å². The lowest BCUT2D eigenvalue weighted by atomic mass is 10.1. The summed E-state index contributed by atoms with van der Waals surface area (Å²) in [4.78, 5) is 27.3. The van der Waals surface area contributed by atoms with Crippen LogP contribution in [-0.2, 0) is 32.3 Å². The van der Waals surface area contributed by atoms with Crippen molar-refractivity contribution in [1.29, 1.82) is 0 Å². The molecule has 39 heavy (non-hydrogen) atoms. The first-order valence-electron chi connectivity index (χ1n) is 11.9. The minimum absolute atomic E-state index is 0.154. The van der Waals surface area contributed by atoms with Gasteiger partial charge >= 0.3 is 6.18 Å². The number of anilines is 1. The van der Waals surface area contributed by atoms with Gasteiger partial charge in [-0.15, -0.1) is 0 Å². The zero-order chi connectivity index (χ0) is 28.8. The summed E-state index contributed by atoms with van der Waals surface area (Å²) in [5.41, 5.74) is -1.01. The molecule has 1 atom stereocenters. The first-order valence-corrected chi connectivity index (χ1v) is 13.3. The van der Waals surface area contributed by atoms with Gasteiger partial charge in [0.25, 0.3) is 10.0 Å². The maximum atomic E-state index is 13.7. The zero-order valence-electron chi connectivity index (χ0n) is 21.2. The van der Waals surface area contributed by atoms with E-state index in [0.717, 1.165) is 23.1 Å². The molecule has 0 aliphatic rings. The molecule has 0 aliphatic carbocycles. The van der Waals surface area contributed by atoms with Gasteiger partial charge in [-0.2, -0.15) is 13.2 Å². The Morgan fingerprint density at radius 3 is 2.15 bits per heavy atom. The zero-order valence-corrected chi connectivity index (χ0v) is 22.0. The molecule has 0 radical (unpaired) electrons. The third-order valence-corrected chi connectivity index (χ3v) is 7.76. The number of rotatable bonds is 10. The Kier molecular flexibility index (Phi) is 9.33. The molecule has 0 saturated carbocycles. The van der Waals surface area contributed by atoms with Crippen molar-refractivity contribution in [3.8, 4) is 0 Å². The number of alkyl halides is 3. The Hall–Kier alpha value is -3.93. The molecule has 7 nitrogen and oxygen atoms in total. The van der Waals surface area contributed by atoms with Crippen LogP contribution in [0.5, 0.6) is 0 Å². The number of hydrogen-bond acceptors (Lipinski definition) is 4. The van der Waals surface area contributed by atoms with Gasteiger partial charge in [0.05, 0.1) is 16.1 Å². The van der Waals surface area contributed by atoms with Crippen molar-refractivity contribution in [1.82, 2.24) is 10.2 Å². The minimum atomic E-state index is -4.76. The summed E-state index contributed by atoms with van der Waals surface area (Å²) in [6.45, 7) is 0.580. The summed E-state index contributed by atoms with van der Waals surface area (Å²) < 4.78 is 81.7. The fourth-order valence-corrected chi connectivity index (χ4v) is 5.39. The van der Waals surface area contributed by atoms with E-state index in [9.17, 15) is 35.6 Å². The molecule has 0 saturated heterocycles. The highest BCUT2D eigenvalue weighted by Gasteiger charge is 2.35. The monoisotopic (exact) mass is 565 g/mol. The van der Waals surface area contributed by atoms with Crippen molar-refractivity contribution in [2.45, 2.75) is 37.0 Å². The topological polar surface area (TPSA) is 86.8 Å². The van der Waals surface area contributed by atoms with Gasteiger partial charge in [-0.25, -0.2) is 12.8 Å². The Morgan fingerprint density at radius 1 is 0.949 bits per heavy atom. The van der Waals surface area contributed by atoms with Crippen LogP contribution in [0.4, 0.5) is 23.2 Å². The van der Waals surface area contributed by atoms with Crippen molar-refractivity contribution in [2.24, 2.45) is 0 Å². The minimum Gasteiger partial charge on any atom is -0.357 e. The SMILES string of the molecule is CC[C@H](C(=O)NC)N(Cc1ccc(F)cc1)C(=O)CN(c1cccc(C(F)(F)F)c1)S(=O)(=O)c1ccccc1. The van der Waals surface area contributed by atoms with Crippen LogP contribution in [0.1, 0.15) is 24.5 Å². The van der Waals surface area contributed by atoms with E-state index in [4.69, 9.17) is 0 Å². The molecule has 0 heterocycles. The fourth-order valence-electron chi connectivity index (χ4n) is 3.96. The standard InChI is InChI=1S/C27H27F4N3O4S/c1-3-24(26(36)32-2)33(17-19-12-14-21(28)15-13-19)25(35)18-34(39(37,38)23-10-5-4-6-11-23)22-9-7-8-20(16-22)27(29,30)31/h4-16,24H,3,17-18H2,1-2H3,(H,32,36)/t24-/m1/s1. The molecule has 0 fully saturated rings. The first kappa shape index (κ1) is 29.6. The highest BCUT2D eigenvalue weighted by atomic mass is 32.2. The number of likely N-dealkylation sites (N-methyl/N-ethyl adjacent to an activating group) is 1. The van der Waals surface area contributed by atoms with E-state index in [1.165, 1.54) is 55.6 Å². The number of benzene rings is 3. The Morgan fingerprint density at radius 2 is 1.59 bits per heavy atom. The molecule has 208 valence electrons. The third-order valence-electron chi connectivity index (χ3n) is 5.97. The molecule has 0 aliphatic heterocycles. The summed E-state index contributed by atoms with van der Waals surface area (Å²) in [7, 11) is -3.14. The average molecular weight is 566 g/mol. The highest BCUT2D eigenvalue weighted by Crippen LogP contribution is 2.33. The second-order valence-corrected chi connectivity index (χ2v) is 10.4. The van der Waals surface area contributed by atoms with Crippen LogP contribution in [0.3, 0.4) is 0 Å². The number of nitrogens with zero attached hydrogens (tertiary/aromatic N) is 2. The summed E-state index contributed by atoms with van der Waals surface area (Å²) in [5, 5.41) is 2.46. The highest BCUT2D eigenvalue weighted by molar-refractivity contribution is 7.92. The molecule has 3 rings (SSSR count). The number of carbonyl (C=O) groups is 2. The van der Waals surface area contributed by atoms with E-state index in [-0.39, 0.29) is 23.5 Å². The Labute approximate surface area is 224 Å². The van der Waals surface area contributed by atoms with Gasteiger partial charge in [0.2, 0.25) is 11.8 Å². The number of sulfonamides is 1. The van der Waals surface area contributed by atoms with Crippen LogP contribution in [-0.4, -0.2) is 44.8 Å². The molecule has 0 spiro atoms. The molecule has 12 heteroatoms. The van der Waals surface area contributed by atoms with Gasteiger partial charge in [0, 0.05) is 13.6 Å². The lowest BCUT2D eigenvalue weighted by Crippen LogP contribution is -2.51. The largest absolute Gasteiger partial charge is 0.416 e. The average Bonchev–Trinajstić information content (AvgIpc) is 2.92. The lowest BCUT2D eigenvalue weighted by Gasteiger charge is -2.33. The Bertz CT molecular complexity index is 1400. The Balaban J connectivity index is 2.10. The molecule has 0 bridgehead atoms. The summed E-state index contributed by atoms with van der Waals surface area (Å²) in [6, 6.07) is 14.8. The van der Waals surface area contributed by atoms with E-state index in [1.54, 1.807) is 13.0 Å². The molecular formula is C27H27F4N3O4S. The van der Waals surface area contributed by atoms with E-state index in [0.29, 0.717) is 15.9 Å². The van der Waals surface area contributed by atoms with E-state index < -0.39 is 52.0 Å². The summed E-state index contributed by atoms with van der Waals surface area (Å²) in [5.74, 6) is -1.88. The second kappa shape index (κ2) is 12.3. The van der Waals surface area contributed by atoms with Crippen LogP contribution in [0, 0.1) is 5.82 Å². The predicted molar refractivity (Wildman–Crippen MR) is 138 cm³/mol. The van der Waals surface area contributed by atoms with Gasteiger partial charge in [-0.1, -0.05) is 43.3 Å². The van der Waals surface area contributed by atoms with Crippen LogP contribution in [0.2, 0.25) is 0 Å².